The van der Waals surface area contributed by atoms with E-state index in [0.29, 0.717) is 22.9 Å². The minimum atomic E-state index is -0.480. The Morgan fingerprint density at radius 1 is 0.875 bits per heavy atom. The topological polar surface area (TPSA) is 51.5 Å². The standard InChI is InChI=1S/C27H20FNO3/c1-32-27(31)21-11-6-12-22-25(21)26-23(29(22)16-17-7-5-10-20(28)13-17)14-19(15-24(26)30)18-8-3-2-4-9-18/h2-15,30H,16H2,1H3. The van der Waals surface area contributed by atoms with Gasteiger partial charge in [0.2, 0.25) is 0 Å². The van der Waals surface area contributed by atoms with Crippen LogP contribution in [0, 0.1) is 5.82 Å². The van der Waals surface area contributed by atoms with E-state index in [-0.39, 0.29) is 11.6 Å². The number of carbonyl (C=O) groups is 1. The summed E-state index contributed by atoms with van der Waals surface area (Å²) in [5.74, 6) is -0.723. The highest BCUT2D eigenvalue weighted by Crippen LogP contribution is 2.40. The highest BCUT2D eigenvalue weighted by molar-refractivity contribution is 6.19. The van der Waals surface area contributed by atoms with Gasteiger partial charge in [-0.25, -0.2) is 9.18 Å². The largest absolute Gasteiger partial charge is 0.507 e. The molecule has 32 heavy (non-hydrogen) atoms. The van der Waals surface area contributed by atoms with Crippen molar-refractivity contribution in [2.45, 2.75) is 6.54 Å². The molecule has 0 aliphatic heterocycles. The number of ether oxygens (including phenoxy) is 1. The second-order valence-corrected chi connectivity index (χ2v) is 7.66. The van der Waals surface area contributed by atoms with Crippen LogP contribution in [0.25, 0.3) is 32.9 Å². The lowest BCUT2D eigenvalue weighted by atomic mass is 10.0. The normalized spacial score (nSPS) is 11.2. The van der Waals surface area contributed by atoms with E-state index in [9.17, 15) is 14.3 Å². The first-order valence-corrected chi connectivity index (χ1v) is 10.2. The van der Waals surface area contributed by atoms with E-state index in [0.717, 1.165) is 27.7 Å². The predicted octanol–water partition coefficient (Wildman–Crippen LogP) is 6.14. The lowest BCUT2D eigenvalue weighted by Gasteiger charge is -2.10. The fourth-order valence-electron chi connectivity index (χ4n) is 4.30. The Kier molecular flexibility index (Phi) is 4.86. The number of phenols is 1. The molecule has 1 N–H and O–H groups in total. The molecule has 1 aromatic heterocycles. The van der Waals surface area contributed by atoms with Crippen LogP contribution in [0.5, 0.6) is 5.75 Å². The Morgan fingerprint density at radius 3 is 2.41 bits per heavy atom. The van der Waals surface area contributed by atoms with Crippen molar-refractivity contribution < 1.29 is 19.0 Å². The number of benzene rings is 4. The zero-order chi connectivity index (χ0) is 22.2. The van der Waals surface area contributed by atoms with Crippen LogP contribution in [-0.4, -0.2) is 22.8 Å². The third-order valence-electron chi connectivity index (χ3n) is 5.71. The molecule has 4 aromatic carbocycles. The van der Waals surface area contributed by atoms with Gasteiger partial charge < -0.3 is 14.4 Å². The summed E-state index contributed by atoms with van der Waals surface area (Å²) in [6.07, 6.45) is 0. The van der Waals surface area contributed by atoms with Crippen molar-refractivity contribution in [3.63, 3.8) is 0 Å². The van der Waals surface area contributed by atoms with Crippen molar-refractivity contribution in [1.29, 1.82) is 0 Å². The van der Waals surface area contributed by atoms with Gasteiger partial charge in [0, 0.05) is 11.9 Å². The van der Waals surface area contributed by atoms with Gasteiger partial charge in [-0.2, -0.15) is 0 Å². The molecule has 4 nitrogen and oxygen atoms in total. The Bertz CT molecular complexity index is 1470. The monoisotopic (exact) mass is 425 g/mol. The second-order valence-electron chi connectivity index (χ2n) is 7.66. The quantitative estimate of drug-likeness (QED) is 0.352. The first kappa shape index (κ1) is 19.8. The van der Waals surface area contributed by atoms with Crippen molar-refractivity contribution in [3.8, 4) is 16.9 Å². The highest BCUT2D eigenvalue weighted by atomic mass is 19.1. The number of esters is 1. The average molecular weight is 425 g/mol. The number of hydrogen-bond acceptors (Lipinski definition) is 3. The summed E-state index contributed by atoms with van der Waals surface area (Å²) >= 11 is 0. The fraction of sp³-hybridized carbons (Fsp3) is 0.0741. The van der Waals surface area contributed by atoms with Crippen molar-refractivity contribution in [1.82, 2.24) is 4.57 Å². The van der Waals surface area contributed by atoms with Gasteiger partial charge in [0.1, 0.15) is 11.6 Å². The third kappa shape index (κ3) is 3.28. The number of halogens is 1. The maximum atomic E-state index is 13.9. The van der Waals surface area contributed by atoms with Crippen LogP contribution in [0.15, 0.2) is 84.9 Å². The van der Waals surface area contributed by atoms with Crippen LogP contribution >= 0.6 is 0 Å². The molecule has 0 unspecified atom stereocenters. The van der Waals surface area contributed by atoms with Gasteiger partial charge in [-0.05, 0) is 53.1 Å². The van der Waals surface area contributed by atoms with E-state index in [1.165, 1.54) is 19.2 Å². The summed E-state index contributed by atoms with van der Waals surface area (Å²) in [5.41, 5.74) is 4.46. The molecule has 158 valence electrons. The van der Waals surface area contributed by atoms with E-state index < -0.39 is 5.97 Å². The maximum absolute atomic E-state index is 13.9. The molecule has 0 aliphatic rings. The first-order valence-electron chi connectivity index (χ1n) is 10.2. The predicted molar refractivity (Wildman–Crippen MR) is 123 cm³/mol. The lowest BCUT2D eigenvalue weighted by Crippen LogP contribution is -2.03. The Hall–Kier alpha value is -4.12. The van der Waals surface area contributed by atoms with Crippen LogP contribution in [0.4, 0.5) is 4.39 Å². The minimum absolute atomic E-state index is 0.0701. The van der Waals surface area contributed by atoms with Gasteiger partial charge in [0.05, 0.1) is 29.1 Å². The molecule has 0 radical (unpaired) electrons. The Balaban J connectivity index is 1.86. The SMILES string of the molecule is COC(=O)c1cccc2c1c1c(O)cc(-c3ccccc3)cc1n2Cc1cccc(F)c1. The minimum Gasteiger partial charge on any atom is -0.507 e. The highest BCUT2D eigenvalue weighted by Gasteiger charge is 2.21. The molecule has 1 heterocycles. The number of phenolic OH excluding ortho intramolecular Hbond substituents is 1. The molecule has 0 saturated carbocycles. The molecule has 0 atom stereocenters. The van der Waals surface area contributed by atoms with Crippen LogP contribution < -0.4 is 0 Å². The number of carbonyl (C=O) groups excluding carboxylic acids is 1. The number of hydrogen-bond donors (Lipinski definition) is 1. The van der Waals surface area contributed by atoms with Crippen LogP contribution in [-0.2, 0) is 11.3 Å². The molecule has 0 saturated heterocycles. The molecular formula is C27H20FNO3. The van der Waals surface area contributed by atoms with Crippen LogP contribution in [0.3, 0.4) is 0 Å². The molecule has 0 amide bonds. The smallest absolute Gasteiger partial charge is 0.338 e. The van der Waals surface area contributed by atoms with E-state index in [1.54, 1.807) is 24.3 Å². The molecular weight excluding hydrogens is 405 g/mol. The van der Waals surface area contributed by atoms with Gasteiger partial charge in [-0.15, -0.1) is 0 Å². The number of methoxy groups -OCH3 is 1. The molecule has 5 rings (SSSR count). The van der Waals surface area contributed by atoms with E-state index in [2.05, 4.69) is 0 Å². The van der Waals surface area contributed by atoms with Crippen LogP contribution in [0.1, 0.15) is 15.9 Å². The molecule has 0 bridgehead atoms. The van der Waals surface area contributed by atoms with Gasteiger partial charge in [0.15, 0.2) is 0 Å². The van der Waals surface area contributed by atoms with Gasteiger partial charge in [-0.3, -0.25) is 0 Å². The summed E-state index contributed by atoms with van der Waals surface area (Å²) in [4.78, 5) is 12.5. The van der Waals surface area contributed by atoms with Gasteiger partial charge >= 0.3 is 5.97 Å². The molecule has 0 aliphatic carbocycles. The summed E-state index contributed by atoms with van der Waals surface area (Å²) < 4.78 is 20.9. The number of fused-ring (bicyclic) bond motifs is 3. The molecule has 5 aromatic rings. The zero-order valence-corrected chi connectivity index (χ0v) is 17.4. The number of aromatic hydroxyl groups is 1. The summed E-state index contributed by atoms with van der Waals surface area (Å²) in [6.45, 7) is 0.375. The van der Waals surface area contributed by atoms with Crippen molar-refractivity contribution in [2.24, 2.45) is 0 Å². The second kappa shape index (κ2) is 7.85. The van der Waals surface area contributed by atoms with Crippen molar-refractivity contribution in [3.05, 3.63) is 102 Å². The van der Waals surface area contributed by atoms with Crippen LogP contribution in [0.2, 0.25) is 0 Å². The average Bonchev–Trinajstić information content (AvgIpc) is 3.13. The van der Waals surface area contributed by atoms with E-state index in [4.69, 9.17) is 4.74 Å². The van der Waals surface area contributed by atoms with E-state index in [1.807, 2.05) is 53.1 Å². The third-order valence-corrected chi connectivity index (χ3v) is 5.71. The van der Waals surface area contributed by atoms with E-state index >= 15 is 0 Å². The summed E-state index contributed by atoms with van der Waals surface area (Å²) in [6, 6.07) is 25.2. The molecule has 0 fully saturated rings. The number of aromatic nitrogens is 1. The van der Waals surface area contributed by atoms with Gasteiger partial charge in [0.25, 0.3) is 0 Å². The summed E-state index contributed by atoms with van der Waals surface area (Å²) in [5, 5.41) is 12.3. The van der Waals surface area contributed by atoms with Crippen molar-refractivity contribution >= 4 is 27.8 Å². The summed E-state index contributed by atoms with van der Waals surface area (Å²) in [7, 11) is 1.33. The molecule has 5 heteroatoms. The zero-order valence-electron chi connectivity index (χ0n) is 17.4. The Labute approximate surface area is 184 Å². The Morgan fingerprint density at radius 2 is 1.66 bits per heavy atom. The van der Waals surface area contributed by atoms with Crippen molar-refractivity contribution in [2.75, 3.05) is 7.11 Å². The maximum Gasteiger partial charge on any atom is 0.338 e. The van der Waals surface area contributed by atoms with Gasteiger partial charge in [-0.1, -0.05) is 48.5 Å². The lowest BCUT2D eigenvalue weighted by molar-refractivity contribution is 0.0603. The molecule has 0 spiro atoms. The number of rotatable bonds is 4. The first-order chi connectivity index (χ1) is 15.6. The number of nitrogens with zero attached hydrogens (tertiary/aromatic N) is 1. The fourth-order valence-corrected chi connectivity index (χ4v) is 4.30.